The summed E-state index contributed by atoms with van der Waals surface area (Å²) < 4.78 is 48.2. The van der Waals surface area contributed by atoms with Crippen LogP contribution in [0.4, 0.5) is 23.8 Å². The monoisotopic (exact) mass is 473 g/mol. The molecule has 2 aromatic carbocycles. The topological polar surface area (TPSA) is 71.4 Å². The van der Waals surface area contributed by atoms with E-state index in [0.29, 0.717) is 43.3 Å². The van der Waals surface area contributed by atoms with Crippen LogP contribution in [-0.4, -0.2) is 60.1 Å². The minimum atomic E-state index is -0.529. The van der Waals surface area contributed by atoms with Gasteiger partial charge >= 0.3 is 6.03 Å². The van der Waals surface area contributed by atoms with Crippen LogP contribution < -0.4 is 10.6 Å². The first-order valence-corrected chi connectivity index (χ1v) is 10.9. The predicted octanol–water partition coefficient (Wildman–Crippen LogP) is 3.74. The summed E-state index contributed by atoms with van der Waals surface area (Å²) in [6, 6.07) is 9.99. The van der Waals surface area contributed by atoms with Gasteiger partial charge in [0.15, 0.2) is 0 Å². The van der Waals surface area contributed by atoms with Crippen LogP contribution in [0.1, 0.15) is 11.5 Å². The second-order valence-corrected chi connectivity index (χ2v) is 8.27. The highest BCUT2D eigenvalue weighted by atomic mass is 19.1. The van der Waals surface area contributed by atoms with Gasteiger partial charge in [0.2, 0.25) is 0 Å². The van der Waals surface area contributed by atoms with Gasteiger partial charge in [0, 0.05) is 51.3 Å². The number of aromatic nitrogens is 2. The molecule has 0 aliphatic carbocycles. The number of carbonyl (C=O) groups is 1. The molecule has 2 N–H and O–H groups in total. The standard InChI is InChI=1S/C24H26F3N5O2/c1-31-23(12-21(30-31)15-3-5-16(25)6-4-15)29-24(33)28-22-14-32(9-10-34-2)13-19(22)18-11-17(26)7-8-20(18)27/h3-8,11-12,19,22H,9-10,13-14H2,1-2H3,(H2,28,29,33)/t19-,22?/m0/s1. The Kier molecular flexibility index (Phi) is 7.18. The Balaban J connectivity index is 1.49. The maximum Gasteiger partial charge on any atom is 0.320 e. The third-order valence-corrected chi connectivity index (χ3v) is 5.94. The Hall–Kier alpha value is -3.37. The van der Waals surface area contributed by atoms with Crippen molar-refractivity contribution in [1.29, 1.82) is 0 Å². The number of hydrogen-bond donors (Lipinski definition) is 2. The highest BCUT2D eigenvalue weighted by Gasteiger charge is 2.36. The van der Waals surface area contributed by atoms with Crippen LogP contribution >= 0.6 is 0 Å². The van der Waals surface area contributed by atoms with E-state index in [-0.39, 0.29) is 11.4 Å². The highest BCUT2D eigenvalue weighted by molar-refractivity contribution is 5.89. The van der Waals surface area contributed by atoms with Gasteiger partial charge in [-0.2, -0.15) is 5.10 Å². The van der Waals surface area contributed by atoms with Crippen LogP contribution in [0.25, 0.3) is 11.3 Å². The molecule has 1 fully saturated rings. The number of rotatable bonds is 7. The molecule has 2 amide bonds. The normalized spacial score (nSPS) is 18.3. The van der Waals surface area contributed by atoms with Gasteiger partial charge in [0.1, 0.15) is 23.3 Å². The fraction of sp³-hybridized carbons (Fsp3) is 0.333. The van der Waals surface area contributed by atoms with Crippen molar-refractivity contribution in [1.82, 2.24) is 20.0 Å². The van der Waals surface area contributed by atoms with Gasteiger partial charge in [0.25, 0.3) is 0 Å². The molecule has 1 aliphatic heterocycles. The molecular formula is C24H26F3N5O2. The minimum Gasteiger partial charge on any atom is -0.383 e. The second-order valence-electron chi connectivity index (χ2n) is 8.27. The summed E-state index contributed by atoms with van der Waals surface area (Å²) in [5.74, 6) is -1.39. The number of nitrogens with zero attached hydrogens (tertiary/aromatic N) is 3. The molecule has 1 aromatic heterocycles. The third-order valence-electron chi connectivity index (χ3n) is 5.94. The summed E-state index contributed by atoms with van der Waals surface area (Å²) in [6.45, 7) is 2.00. The van der Waals surface area contributed by atoms with Crippen molar-refractivity contribution < 1.29 is 22.7 Å². The molecule has 4 rings (SSSR count). The average molecular weight is 473 g/mol. The van der Waals surface area contributed by atoms with E-state index in [9.17, 15) is 18.0 Å². The van der Waals surface area contributed by atoms with Crippen LogP contribution in [0.15, 0.2) is 48.5 Å². The Bertz CT molecular complexity index is 1150. The molecule has 1 unspecified atom stereocenters. The lowest BCUT2D eigenvalue weighted by atomic mass is 9.93. The Morgan fingerprint density at radius 2 is 1.82 bits per heavy atom. The minimum absolute atomic E-state index is 0.226. The first-order valence-electron chi connectivity index (χ1n) is 10.9. The molecule has 1 aliphatic rings. The number of halogens is 3. The van der Waals surface area contributed by atoms with E-state index in [2.05, 4.69) is 15.7 Å². The largest absolute Gasteiger partial charge is 0.383 e. The summed E-state index contributed by atoms with van der Waals surface area (Å²) in [6.07, 6.45) is 0. The average Bonchev–Trinajstić information content (AvgIpc) is 3.37. The summed E-state index contributed by atoms with van der Waals surface area (Å²) in [4.78, 5) is 14.9. The molecule has 0 bridgehead atoms. The fourth-order valence-electron chi connectivity index (χ4n) is 4.22. The number of benzene rings is 2. The molecule has 34 heavy (non-hydrogen) atoms. The smallest absolute Gasteiger partial charge is 0.320 e. The molecule has 0 spiro atoms. The molecular weight excluding hydrogens is 447 g/mol. The molecule has 2 heterocycles. The quantitative estimate of drug-likeness (QED) is 0.549. The van der Waals surface area contributed by atoms with E-state index in [0.717, 1.165) is 12.1 Å². The SMILES string of the molecule is COCCN1CC(NC(=O)Nc2cc(-c3ccc(F)cc3)nn2C)[C@H](c2cc(F)ccc2F)C1. The van der Waals surface area contributed by atoms with Crippen molar-refractivity contribution in [3.8, 4) is 11.3 Å². The Morgan fingerprint density at radius 1 is 1.09 bits per heavy atom. The first-order chi connectivity index (χ1) is 16.3. The van der Waals surface area contributed by atoms with E-state index < -0.39 is 29.6 Å². The van der Waals surface area contributed by atoms with Crippen molar-refractivity contribution in [3.05, 3.63) is 71.5 Å². The van der Waals surface area contributed by atoms with Gasteiger partial charge in [-0.3, -0.25) is 14.9 Å². The van der Waals surface area contributed by atoms with E-state index in [1.54, 1.807) is 32.4 Å². The second kappa shape index (κ2) is 10.3. The molecule has 2 atom stereocenters. The Morgan fingerprint density at radius 3 is 2.56 bits per heavy atom. The fourth-order valence-corrected chi connectivity index (χ4v) is 4.22. The number of methoxy groups -OCH3 is 1. The van der Waals surface area contributed by atoms with E-state index in [1.807, 2.05) is 4.90 Å². The van der Waals surface area contributed by atoms with Crippen LogP contribution in [0.3, 0.4) is 0 Å². The molecule has 1 saturated heterocycles. The van der Waals surface area contributed by atoms with Crippen molar-refractivity contribution in [2.45, 2.75) is 12.0 Å². The number of aryl methyl sites for hydroxylation is 1. The van der Waals surface area contributed by atoms with Gasteiger partial charge < -0.3 is 10.1 Å². The predicted molar refractivity (Wildman–Crippen MR) is 122 cm³/mol. The number of ether oxygens (including phenoxy) is 1. The van der Waals surface area contributed by atoms with E-state index in [1.165, 1.54) is 22.9 Å². The molecule has 0 saturated carbocycles. The number of anilines is 1. The lowest BCUT2D eigenvalue weighted by molar-refractivity contribution is 0.159. The number of likely N-dealkylation sites (tertiary alicyclic amines) is 1. The number of hydrogen-bond acceptors (Lipinski definition) is 4. The molecule has 0 radical (unpaired) electrons. The molecule has 3 aromatic rings. The van der Waals surface area contributed by atoms with Gasteiger partial charge in [-0.15, -0.1) is 0 Å². The van der Waals surface area contributed by atoms with Crippen LogP contribution in [0, 0.1) is 17.5 Å². The lowest BCUT2D eigenvalue weighted by Crippen LogP contribution is -2.42. The molecule has 7 nitrogen and oxygen atoms in total. The summed E-state index contributed by atoms with van der Waals surface area (Å²) >= 11 is 0. The first kappa shape index (κ1) is 23.8. The van der Waals surface area contributed by atoms with Gasteiger partial charge in [0.05, 0.1) is 18.3 Å². The van der Waals surface area contributed by atoms with Gasteiger partial charge in [-0.25, -0.2) is 18.0 Å². The van der Waals surface area contributed by atoms with Crippen molar-refractivity contribution in [2.75, 3.05) is 38.7 Å². The van der Waals surface area contributed by atoms with Crippen molar-refractivity contribution in [2.24, 2.45) is 7.05 Å². The summed E-state index contributed by atoms with van der Waals surface area (Å²) in [5, 5.41) is 10.0. The van der Waals surface area contributed by atoms with E-state index >= 15 is 0 Å². The van der Waals surface area contributed by atoms with Gasteiger partial charge in [-0.1, -0.05) is 0 Å². The van der Waals surface area contributed by atoms with Crippen molar-refractivity contribution >= 4 is 11.8 Å². The summed E-state index contributed by atoms with van der Waals surface area (Å²) in [7, 11) is 3.27. The lowest BCUT2D eigenvalue weighted by Gasteiger charge is -2.21. The zero-order valence-corrected chi connectivity index (χ0v) is 18.9. The zero-order chi connectivity index (χ0) is 24.2. The highest BCUT2D eigenvalue weighted by Crippen LogP contribution is 2.30. The van der Waals surface area contributed by atoms with Crippen molar-refractivity contribution in [3.63, 3.8) is 0 Å². The third kappa shape index (κ3) is 5.40. The molecule has 180 valence electrons. The number of carbonyl (C=O) groups excluding carboxylic acids is 1. The van der Waals surface area contributed by atoms with Crippen LogP contribution in [0.2, 0.25) is 0 Å². The zero-order valence-electron chi connectivity index (χ0n) is 18.9. The maximum absolute atomic E-state index is 14.5. The van der Waals surface area contributed by atoms with Gasteiger partial charge in [-0.05, 0) is 48.0 Å². The number of urea groups is 1. The summed E-state index contributed by atoms with van der Waals surface area (Å²) in [5.41, 5.74) is 1.50. The maximum atomic E-state index is 14.5. The van der Waals surface area contributed by atoms with E-state index in [4.69, 9.17) is 4.74 Å². The molecule has 10 heteroatoms. The number of nitrogens with one attached hydrogen (secondary N) is 2. The number of amides is 2. The van der Waals surface area contributed by atoms with Crippen LogP contribution in [0.5, 0.6) is 0 Å². The van der Waals surface area contributed by atoms with Crippen LogP contribution in [-0.2, 0) is 11.8 Å². The Labute approximate surface area is 195 Å².